The Bertz CT molecular complexity index is 1360. The van der Waals surface area contributed by atoms with Crippen molar-refractivity contribution in [1.29, 1.82) is 0 Å². The third kappa shape index (κ3) is 5.19. The van der Waals surface area contributed by atoms with Gasteiger partial charge in [0.05, 0.1) is 18.9 Å². The van der Waals surface area contributed by atoms with E-state index in [1.807, 2.05) is 23.1 Å². The van der Waals surface area contributed by atoms with Crippen molar-refractivity contribution in [1.82, 2.24) is 30.1 Å². The Labute approximate surface area is 213 Å². The second-order valence-corrected chi connectivity index (χ2v) is 9.39. The number of benzene rings is 2. The van der Waals surface area contributed by atoms with Crippen LogP contribution in [0.2, 0.25) is 0 Å². The lowest BCUT2D eigenvalue weighted by Crippen LogP contribution is -2.42. The second kappa shape index (κ2) is 10.5. The number of rotatable bonds is 6. The number of ether oxygens (including phenoxy) is 1. The zero-order valence-electron chi connectivity index (χ0n) is 20.4. The molecule has 10 heteroatoms. The molecule has 2 aliphatic heterocycles. The van der Waals surface area contributed by atoms with Gasteiger partial charge < -0.3 is 25.3 Å². The molecule has 2 fully saturated rings. The molecule has 4 aromatic rings. The third-order valence-corrected chi connectivity index (χ3v) is 6.93. The second-order valence-electron chi connectivity index (χ2n) is 9.39. The number of piperazine rings is 1. The average molecular weight is 506 g/mol. The van der Waals surface area contributed by atoms with Gasteiger partial charge in [0.1, 0.15) is 17.3 Å². The van der Waals surface area contributed by atoms with E-state index in [-0.39, 0.29) is 12.1 Å². The number of nitrogens with zero attached hydrogens (tertiary/aromatic N) is 4. The van der Waals surface area contributed by atoms with E-state index < -0.39 is 11.6 Å². The van der Waals surface area contributed by atoms with Gasteiger partial charge in [-0.25, -0.2) is 13.8 Å². The van der Waals surface area contributed by atoms with E-state index in [2.05, 4.69) is 38.1 Å². The first kappa shape index (κ1) is 23.9. The van der Waals surface area contributed by atoms with Gasteiger partial charge in [-0.3, -0.25) is 4.90 Å². The number of nitrogens with one attached hydrogen (secondary N) is 3. The van der Waals surface area contributed by atoms with E-state index in [1.165, 1.54) is 17.7 Å². The van der Waals surface area contributed by atoms with Crippen molar-refractivity contribution >= 4 is 22.7 Å². The summed E-state index contributed by atoms with van der Waals surface area (Å²) in [7, 11) is 0. The zero-order chi connectivity index (χ0) is 25.2. The Morgan fingerprint density at radius 1 is 1.03 bits per heavy atom. The molecule has 0 amide bonds. The van der Waals surface area contributed by atoms with Crippen molar-refractivity contribution in [3.8, 4) is 5.69 Å². The SMILES string of the molecule is Fc1cc(-n2ccc3cnc(Nc4ccc(C5CNCCN5)cc4)nc32)cc(F)c1CN1CCOCC1. The van der Waals surface area contributed by atoms with Crippen molar-refractivity contribution in [2.45, 2.75) is 12.6 Å². The van der Waals surface area contributed by atoms with Crippen LogP contribution >= 0.6 is 0 Å². The van der Waals surface area contributed by atoms with Crippen molar-refractivity contribution in [2.24, 2.45) is 0 Å². The number of hydrogen-bond acceptors (Lipinski definition) is 7. The molecule has 3 N–H and O–H groups in total. The maximum absolute atomic E-state index is 15.0. The Hall–Kier alpha value is -3.44. The van der Waals surface area contributed by atoms with E-state index in [4.69, 9.17) is 4.74 Å². The molecule has 0 bridgehead atoms. The van der Waals surface area contributed by atoms with Crippen molar-refractivity contribution in [2.75, 3.05) is 51.3 Å². The highest BCUT2D eigenvalue weighted by atomic mass is 19.1. The molecule has 37 heavy (non-hydrogen) atoms. The molecule has 4 heterocycles. The van der Waals surface area contributed by atoms with Gasteiger partial charge in [-0.1, -0.05) is 12.1 Å². The fraction of sp³-hybridized carbons (Fsp3) is 0.333. The molecule has 0 saturated carbocycles. The monoisotopic (exact) mass is 505 g/mol. The average Bonchev–Trinajstić information content (AvgIpc) is 3.35. The summed E-state index contributed by atoms with van der Waals surface area (Å²) in [4.78, 5) is 11.1. The van der Waals surface area contributed by atoms with Gasteiger partial charge in [0.2, 0.25) is 5.95 Å². The van der Waals surface area contributed by atoms with Gasteiger partial charge in [-0.05, 0) is 35.9 Å². The molecule has 6 rings (SSSR count). The number of hydrogen-bond donors (Lipinski definition) is 3. The summed E-state index contributed by atoms with van der Waals surface area (Å²) in [5.74, 6) is -0.737. The van der Waals surface area contributed by atoms with Crippen molar-refractivity contribution in [3.63, 3.8) is 0 Å². The Balaban J connectivity index is 1.23. The predicted octanol–water partition coefficient (Wildman–Crippen LogP) is 3.51. The van der Waals surface area contributed by atoms with Gasteiger partial charge >= 0.3 is 0 Å². The minimum Gasteiger partial charge on any atom is -0.379 e. The lowest BCUT2D eigenvalue weighted by Gasteiger charge is -2.27. The number of morpholine rings is 1. The summed E-state index contributed by atoms with van der Waals surface area (Å²) in [5.41, 5.74) is 3.07. The minimum atomic E-state index is -0.571. The molecule has 2 aromatic carbocycles. The molecule has 2 aliphatic rings. The van der Waals surface area contributed by atoms with Crippen LogP contribution in [-0.2, 0) is 11.3 Å². The first-order valence-electron chi connectivity index (χ1n) is 12.6. The van der Waals surface area contributed by atoms with E-state index in [0.29, 0.717) is 49.6 Å². The molecule has 0 aliphatic carbocycles. The van der Waals surface area contributed by atoms with Gasteiger partial charge in [0.15, 0.2) is 0 Å². The van der Waals surface area contributed by atoms with Crippen LogP contribution in [0, 0.1) is 11.6 Å². The highest BCUT2D eigenvalue weighted by Crippen LogP contribution is 2.25. The quantitative estimate of drug-likeness (QED) is 0.370. The van der Waals surface area contributed by atoms with Gasteiger partial charge in [-0.2, -0.15) is 4.98 Å². The Morgan fingerprint density at radius 3 is 2.54 bits per heavy atom. The lowest BCUT2D eigenvalue weighted by molar-refractivity contribution is 0.0332. The van der Waals surface area contributed by atoms with Crippen LogP contribution in [0.25, 0.3) is 16.7 Å². The molecular weight excluding hydrogens is 476 g/mol. The maximum Gasteiger partial charge on any atom is 0.229 e. The Morgan fingerprint density at radius 2 is 1.81 bits per heavy atom. The summed E-state index contributed by atoms with van der Waals surface area (Å²) < 4.78 is 37.1. The topological polar surface area (TPSA) is 79.3 Å². The maximum atomic E-state index is 15.0. The van der Waals surface area contributed by atoms with Crippen LogP contribution in [0.4, 0.5) is 20.4 Å². The van der Waals surface area contributed by atoms with Crippen molar-refractivity contribution in [3.05, 3.63) is 77.6 Å². The van der Waals surface area contributed by atoms with Crippen LogP contribution in [-0.4, -0.2) is 65.4 Å². The number of fused-ring (bicyclic) bond motifs is 1. The molecule has 1 unspecified atom stereocenters. The predicted molar refractivity (Wildman–Crippen MR) is 138 cm³/mol. The van der Waals surface area contributed by atoms with Crippen LogP contribution in [0.5, 0.6) is 0 Å². The molecule has 1 atom stereocenters. The fourth-order valence-corrected chi connectivity index (χ4v) is 4.87. The summed E-state index contributed by atoms with van der Waals surface area (Å²) in [6.45, 7) is 5.52. The molecule has 2 aromatic heterocycles. The van der Waals surface area contributed by atoms with Crippen LogP contribution in [0.1, 0.15) is 17.2 Å². The number of aromatic nitrogens is 3. The molecule has 0 radical (unpaired) electrons. The van der Waals surface area contributed by atoms with E-state index in [0.717, 1.165) is 30.7 Å². The standard InChI is InChI=1S/C27H29F2N7O/c28-23-13-21(14-24(29)22(23)17-35-9-11-37-12-10-35)36-8-5-19-15-32-27(34-26(19)36)33-20-3-1-18(2-4-20)25-16-30-6-7-31-25/h1-5,8,13-15,25,30-31H,6-7,9-12,16-17H2,(H,32,33,34). The highest BCUT2D eigenvalue weighted by Gasteiger charge is 2.19. The number of anilines is 2. The third-order valence-electron chi connectivity index (χ3n) is 6.93. The molecule has 8 nitrogen and oxygen atoms in total. The summed E-state index contributed by atoms with van der Waals surface area (Å²) in [6.07, 6.45) is 3.45. The molecular formula is C27H29F2N7O. The summed E-state index contributed by atoms with van der Waals surface area (Å²) in [6, 6.07) is 13.0. The summed E-state index contributed by atoms with van der Waals surface area (Å²) >= 11 is 0. The molecule has 0 spiro atoms. The van der Waals surface area contributed by atoms with Gasteiger partial charge in [-0.15, -0.1) is 0 Å². The smallest absolute Gasteiger partial charge is 0.229 e. The molecule has 192 valence electrons. The fourth-order valence-electron chi connectivity index (χ4n) is 4.87. The van der Waals surface area contributed by atoms with E-state index in [9.17, 15) is 0 Å². The van der Waals surface area contributed by atoms with Crippen LogP contribution in [0.3, 0.4) is 0 Å². The minimum absolute atomic E-state index is 0.0711. The largest absolute Gasteiger partial charge is 0.379 e. The first-order chi connectivity index (χ1) is 18.1. The first-order valence-corrected chi connectivity index (χ1v) is 12.6. The van der Waals surface area contributed by atoms with Crippen LogP contribution in [0.15, 0.2) is 54.9 Å². The van der Waals surface area contributed by atoms with E-state index in [1.54, 1.807) is 17.0 Å². The lowest BCUT2D eigenvalue weighted by atomic mass is 10.1. The van der Waals surface area contributed by atoms with Gasteiger partial charge in [0.25, 0.3) is 0 Å². The van der Waals surface area contributed by atoms with E-state index >= 15 is 8.78 Å². The highest BCUT2D eigenvalue weighted by molar-refractivity contribution is 5.78. The summed E-state index contributed by atoms with van der Waals surface area (Å²) in [5, 5.41) is 10.9. The zero-order valence-corrected chi connectivity index (χ0v) is 20.4. The van der Waals surface area contributed by atoms with Crippen LogP contribution < -0.4 is 16.0 Å². The number of halogens is 2. The molecule has 2 saturated heterocycles. The van der Waals surface area contributed by atoms with Crippen molar-refractivity contribution < 1.29 is 13.5 Å². The van der Waals surface area contributed by atoms with Gasteiger partial charge in [0, 0.05) is 74.3 Å². The Kier molecular flexibility index (Phi) is 6.79. The normalized spacial score (nSPS) is 18.8.